The molecule has 0 aliphatic heterocycles. The lowest BCUT2D eigenvalue weighted by atomic mass is 9.96. The van der Waals surface area contributed by atoms with Crippen LogP contribution in [0.3, 0.4) is 0 Å². The van der Waals surface area contributed by atoms with Crippen LogP contribution in [0.25, 0.3) is 0 Å². The van der Waals surface area contributed by atoms with Crippen LogP contribution in [0.5, 0.6) is 0 Å². The molecule has 0 heterocycles. The molecule has 1 aliphatic carbocycles. The summed E-state index contributed by atoms with van der Waals surface area (Å²) in [6, 6.07) is 0. The predicted molar refractivity (Wildman–Crippen MR) is 68.6 cm³/mol. The Kier molecular flexibility index (Phi) is 7.21. The Labute approximate surface area is 104 Å². The molecule has 0 saturated heterocycles. The third kappa shape index (κ3) is 5.50. The van der Waals surface area contributed by atoms with Crippen LogP contribution in [0, 0.1) is 11.8 Å². The average Bonchev–Trinajstić information content (AvgIpc) is 2.79. The van der Waals surface area contributed by atoms with Crippen LogP contribution in [0.4, 0.5) is 0 Å². The molecule has 1 rings (SSSR count). The third-order valence-corrected chi connectivity index (χ3v) is 3.58. The Bertz CT molecular complexity index is 221. The van der Waals surface area contributed by atoms with Crippen LogP contribution in [-0.2, 0) is 9.53 Å². The summed E-state index contributed by atoms with van der Waals surface area (Å²) in [6.45, 7) is 4.92. The summed E-state index contributed by atoms with van der Waals surface area (Å²) in [5.41, 5.74) is 5.71. The van der Waals surface area contributed by atoms with E-state index >= 15 is 0 Å². The first-order valence-electron chi connectivity index (χ1n) is 6.82. The third-order valence-electron chi connectivity index (χ3n) is 3.58. The number of ether oxygens (including phenoxy) is 1. The van der Waals surface area contributed by atoms with Crippen molar-refractivity contribution in [1.29, 1.82) is 0 Å². The molecule has 4 nitrogen and oxygen atoms in total. The molecule has 17 heavy (non-hydrogen) atoms. The van der Waals surface area contributed by atoms with E-state index in [1.54, 1.807) is 0 Å². The zero-order chi connectivity index (χ0) is 12.5. The van der Waals surface area contributed by atoms with Crippen molar-refractivity contribution in [2.45, 2.75) is 39.0 Å². The zero-order valence-corrected chi connectivity index (χ0v) is 10.9. The summed E-state index contributed by atoms with van der Waals surface area (Å²) < 4.78 is 5.20. The molecule has 1 aliphatic rings. The fourth-order valence-electron chi connectivity index (χ4n) is 2.51. The van der Waals surface area contributed by atoms with E-state index < -0.39 is 0 Å². The fraction of sp³-hybridized carbons (Fsp3) is 0.923. The van der Waals surface area contributed by atoms with E-state index in [1.807, 2.05) is 6.92 Å². The molecule has 1 amide bonds. The molecule has 1 fully saturated rings. The topological polar surface area (TPSA) is 64.3 Å². The van der Waals surface area contributed by atoms with Crippen molar-refractivity contribution in [2.24, 2.45) is 17.6 Å². The van der Waals surface area contributed by atoms with E-state index in [2.05, 4.69) is 5.32 Å². The van der Waals surface area contributed by atoms with Crippen LogP contribution < -0.4 is 11.1 Å². The van der Waals surface area contributed by atoms with Gasteiger partial charge in [-0.3, -0.25) is 4.79 Å². The number of carbonyl (C=O) groups excluding carboxylic acids is 1. The maximum atomic E-state index is 11.6. The second-order valence-corrected chi connectivity index (χ2v) is 4.79. The van der Waals surface area contributed by atoms with E-state index in [9.17, 15) is 4.79 Å². The first kappa shape index (κ1) is 14.5. The zero-order valence-electron chi connectivity index (χ0n) is 10.9. The number of nitrogens with one attached hydrogen (secondary N) is 1. The molecule has 100 valence electrons. The Morgan fingerprint density at radius 3 is 2.88 bits per heavy atom. The van der Waals surface area contributed by atoms with Gasteiger partial charge in [0.15, 0.2) is 0 Å². The number of rotatable bonds is 8. The van der Waals surface area contributed by atoms with Gasteiger partial charge in [-0.25, -0.2) is 0 Å². The van der Waals surface area contributed by atoms with Gasteiger partial charge in [0.05, 0.1) is 0 Å². The molecule has 1 saturated carbocycles. The Morgan fingerprint density at radius 2 is 2.18 bits per heavy atom. The van der Waals surface area contributed by atoms with E-state index in [1.165, 1.54) is 19.3 Å². The number of carbonyl (C=O) groups is 1. The van der Waals surface area contributed by atoms with Gasteiger partial charge in [-0.05, 0) is 44.6 Å². The number of nitrogens with two attached hydrogens (primary N) is 1. The van der Waals surface area contributed by atoms with Crippen molar-refractivity contribution < 1.29 is 9.53 Å². The minimum absolute atomic E-state index is 0.146. The Balaban J connectivity index is 2.06. The first-order chi connectivity index (χ1) is 8.27. The van der Waals surface area contributed by atoms with E-state index in [4.69, 9.17) is 10.5 Å². The summed E-state index contributed by atoms with van der Waals surface area (Å²) in [7, 11) is 0. The Morgan fingerprint density at radius 1 is 1.41 bits per heavy atom. The molecule has 0 aromatic carbocycles. The highest BCUT2D eigenvalue weighted by Crippen LogP contribution is 2.30. The first-order valence-corrected chi connectivity index (χ1v) is 6.82. The Hall–Kier alpha value is -0.610. The minimum Gasteiger partial charge on any atom is -0.382 e. The van der Waals surface area contributed by atoms with Crippen LogP contribution >= 0.6 is 0 Å². The highest BCUT2D eigenvalue weighted by molar-refractivity contribution is 5.75. The van der Waals surface area contributed by atoms with E-state index in [0.717, 1.165) is 26.1 Å². The van der Waals surface area contributed by atoms with Crippen LogP contribution in [-0.4, -0.2) is 32.2 Å². The maximum absolute atomic E-state index is 11.6. The molecule has 0 aromatic rings. The van der Waals surface area contributed by atoms with Gasteiger partial charge in [-0.1, -0.05) is 6.42 Å². The monoisotopic (exact) mass is 242 g/mol. The summed E-state index contributed by atoms with van der Waals surface area (Å²) in [4.78, 5) is 11.6. The van der Waals surface area contributed by atoms with Gasteiger partial charge in [0, 0.05) is 26.2 Å². The molecule has 0 radical (unpaired) electrons. The highest BCUT2D eigenvalue weighted by Gasteiger charge is 2.25. The van der Waals surface area contributed by atoms with Gasteiger partial charge < -0.3 is 15.8 Å². The van der Waals surface area contributed by atoms with Gasteiger partial charge in [0.1, 0.15) is 0 Å². The lowest BCUT2D eigenvalue weighted by Gasteiger charge is -2.18. The predicted octanol–water partition coefficient (Wildman–Crippen LogP) is 1.29. The van der Waals surface area contributed by atoms with E-state index in [-0.39, 0.29) is 5.91 Å². The maximum Gasteiger partial charge on any atom is 0.220 e. The van der Waals surface area contributed by atoms with Crippen LogP contribution in [0.1, 0.15) is 39.0 Å². The molecule has 2 unspecified atom stereocenters. The van der Waals surface area contributed by atoms with Crippen LogP contribution in [0.15, 0.2) is 0 Å². The highest BCUT2D eigenvalue weighted by atomic mass is 16.5. The molecule has 2 atom stereocenters. The van der Waals surface area contributed by atoms with Crippen molar-refractivity contribution in [2.75, 3.05) is 26.3 Å². The lowest BCUT2D eigenvalue weighted by molar-refractivity contribution is -0.121. The van der Waals surface area contributed by atoms with E-state index in [0.29, 0.717) is 24.9 Å². The minimum atomic E-state index is 0.146. The van der Waals surface area contributed by atoms with Crippen molar-refractivity contribution in [3.8, 4) is 0 Å². The van der Waals surface area contributed by atoms with Gasteiger partial charge in [-0.2, -0.15) is 0 Å². The normalized spacial score (nSPS) is 23.9. The summed E-state index contributed by atoms with van der Waals surface area (Å²) in [5, 5.41) is 3.02. The standard InChI is InChI=1S/C13H26N2O2/c1-2-17-8-4-7-13(16)15-10-12-6-3-5-11(12)9-14/h11-12H,2-10,14H2,1H3,(H,15,16). The second kappa shape index (κ2) is 8.48. The van der Waals surface area contributed by atoms with Crippen molar-refractivity contribution in [1.82, 2.24) is 5.32 Å². The van der Waals surface area contributed by atoms with Crippen molar-refractivity contribution >= 4 is 5.91 Å². The number of hydrogen-bond acceptors (Lipinski definition) is 3. The van der Waals surface area contributed by atoms with Crippen molar-refractivity contribution in [3.63, 3.8) is 0 Å². The molecular formula is C13H26N2O2. The van der Waals surface area contributed by atoms with Gasteiger partial charge in [0.25, 0.3) is 0 Å². The van der Waals surface area contributed by atoms with Gasteiger partial charge >= 0.3 is 0 Å². The number of hydrogen-bond donors (Lipinski definition) is 2. The van der Waals surface area contributed by atoms with Crippen molar-refractivity contribution in [3.05, 3.63) is 0 Å². The largest absolute Gasteiger partial charge is 0.382 e. The lowest BCUT2D eigenvalue weighted by Crippen LogP contribution is -2.32. The molecule has 0 bridgehead atoms. The summed E-state index contributed by atoms with van der Waals surface area (Å²) in [5.74, 6) is 1.35. The summed E-state index contributed by atoms with van der Waals surface area (Å²) >= 11 is 0. The van der Waals surface area contributed by atoms with Gasteiger partial charge in [-0.15, -0.1) is 0 Å². The molecule has 4 heteroatoms. The van der Waals surface area contributed by atoms with Gasteiger partial charge in [0.2, 0.25) is 5.91 Å². The quantitative estimate of drug-likeness (QED) is 0.630. The summed E-state index contributed by atoms with van der Waals surface area (Å²) in [6.07, 6.45) is 5.07. The van der Waals surface area contributed by atoms with Crippen LogP contribution in [0.2, 0.25) is 0 Å². The number of amides is 1. The molecule has 0 spiro atoms. The molecular weight excluding hydrogens is 216 g/mol. The SMILES string of the molecule is CCOCCCC(=O)NCC1CCCC1CN. The average molecular weight is 242 g/mol. The molecule has 0 aromatic heterocycles. The second-order valence-electron chi connectivity index (χ2n) is 4.79. The smallest absolute Gasteiger partial charge is 0.220 e. The fourth-order valence-corrected chi connectivity index (χ4v) is 2.51. The molecule has 3 N–H and O–H groups in total.